The van der Waals surface area contributed by atoms with Gasteiger partial charge in [0.1, 0.15) is 6.29 Å². The molecule has 0 aromatic heterocycles. The molecule has 2 aromatic carbocycles. The fourth-order valence-corrected chi connectivity index (χ4v) is 4.63. The molecule has 7 nitrogen and oxygen atoms in total. The number of benzene rings is 2. The van der Waals surface area contributed by atoms with Gasteiger partial charge < -0.3 is 19.9 Å². The largest absolute Gasteiger partial charge is 0.339 e. The van der Waals surface area contributed by atoms with Crippen molar-refractivity contribution in [2.24, 2.45) is 5.92 Å². The summed E-state index contributed by atoms with van der Waals surface area (Å²) in [5.74, 6) is 0.943. The van der Waals surface area contributed by atoms with Gasteiger partial charge in [0.2, 0.25) is 0 Å². The van der Waals surface area contributed by atoms with E-state index in [1.165, 1.54) is 12.5 Å². The number of anilines is 1. The fraction of sp³-hybridized carbons (Fsp3) is 0.387. The first kappa shape index (κ1) is 30.1. The van der Waals surface area contributed by atoms with Crippen molar-refractivity contribution < 1.29 is 14.4 Å². The molecule has 7 heteroatoms. The van der Waals surface area contributed by atoms with Gasteiger partial charge in [-0.15, -0.1) is 5.73 Å². The molecule has 0 bridgehead atoms. The molecule has 1 atom stereocenters. The zero-order chi connectivity index (χ0) is 28.1. The maximum absolute atomic E-state index is 13.1. The van der Waals surface area contributed by atoms with Gasteiger partial charge in [-0.25, -0.2) is 4.79 Å². The molecule has 0 radical (unpaired) electrons. The van der Waals surface area contributed by atoms with Gasteiger partial charge in [-0.3, -0.25) is 4.79 Å². The molecule has 1 N–H and O–H groups in total. The molecule has 0 aliphatic carbocycles. The second-order valence-electron chi connectivity index (χ2n) is 9.59. The van der Waals surface area contributed by atoms with Gasteiger partial charge in [0.05, 0.1) is 11.6 Å². The lowest BCUT2D eigenvalue weighted by molar-refractivity contribution is -0.106. The van der Waals surface area contributed by atoms with E-state index in [2.05, 4.69) is 37.2 Å². The third kappa shape index (κ3) is 8.47. The molecule has 4 rings (SSSR count). The number of aryl methyl sites for hydroxylation is 1. The van der Waals surface area contributed by atoms with Crippen LogP contribution in [0.5, 0.6) is 0 Å². The number of likely N-dealkylation sites (tertiary alicyclic amines) is 2. The third-order valence-electron chi connectivity index (χ3n) is 6.73. The zero-order valence-electron chi connectivity index (χ0n) is 22.7. The number of aldehydes is 1. The Morgan fingerprint density at radius 1 is 1.03 bits per heavy atom. The first-order valence-electron chi connectivity index (χ1n) is 12.9. The van der Waals surface area contributed by atoms with Crippen LogP contribution < -0.4 is 5.32 Å². The summed E-state index contributed by atoms with van der Waals surface area (Å²) in [6.45, 7) is 14.7. The van der Waals surface area contributed by atoms with Crippen molar-refractivity contribution in [3.63, 3.8) is 0 Å². The predicted octanol–water partition coefficient (Wildman–Crippen LogP) is 5.92. The molecule has 2 heterocycles. The molecule has 2 aliphatic heterocycles. The number of nitriles is 1. The van der Waals surface area contributed by atoms with Crippen LogP contribution in [0.15, 0.2) is 61.4 Å². The van der Waals surface area contributed by atoms with Crippen LogP contribution in [0.1, 0.15) is 66.1 Å². The highest BCUT2D eigenvalue weighted by Crippen LogP contribution is 2.29. The molecular formula is C31H38N4O3. The molecule has 1 unspecified atom stereocenters. The lowest BCUT2D eigenvalue weighted by atomic mass is 9.89. The molecule has 0 spiro atoms. The Morgan fingerprint density at radius 3 is 2.13 bits per heavy atom. The molecule has 2 aliphatic rings. The Hall–Kier alpha value is -4.14. The summed E-state index contributed by atoms with van der Waals surface area (Å²) in [4.78, 5) is 38.3. The molecule has 2 fully saturated rings. The maximum atomic E-state index is 13.1. The average Bonchev–Trinajstić information content (AvgIpc) is 3.37. The summed E-state index contributed by atoms with van der Waals surface area (Å²) < 4.78 is 0. The van der Waals surface area contributed by atoms with Crippen LogP contribution in [0, 0.1) is 24.2 Å². The van der Waals surface area contributed by atoms with E-state index in [0.717, 1.165) is 44.2 Å². The summed E-state index contributed by atoms with van der Waals surface area (Å²) in [5, 5.41) is 12.0. The molecule has 3 amide bonds. The fourth-order valence-electron chi connectivity index (χ4n) is 4.63. The Morgan fingerprint density at radius 2 is 1.61 bits per heavy atom. The van der Waals surface area contributed by atoms with Crippen LogP contribution >= 0.6 is 0 Å². The molecular weight excluding hydrogens is 476 g/mol. The lowest BCUT2D eigenvalue weighted by Crippen LogP contribution is -2.38. The number of amides is 3. The molecule has 200 valence electrons. The monoisotopic (exact) mass is 514 g/mol. The van der Waals surface area contributed by atoms with Crippen molar-refractivity contribution in [1.29, 1.82) is 5.26 Å². The van der Waals surface area contributed by atoms with Gasteiger partial charge >= 0.3 is 6.03 Å². The second kappa shape index (κ2) is 15.2. The quantitative estimate of drug-likeness (QED) is 0.406. The van der Waals surface area contributed by atoms with E-state index in [0.29, 0.717) is 41.7 Å². The van der Waals surface area contributed by atoms with E-state index in [1.807, 2.05) is 59.2 Å². The second-order valence-corrected chi connectivity index (χ2v) is 9.59. The van der Waals surface area contributed by atoms with Gasteiger partial charge in [-0.2, -0.15) is 5.26 Å². The summed E-state index contributed by atoms with van der Waals surface area (Å²) >= 11 is 0. The number of hydrogen-bond donors (Lipinski definition) is 1. The maximum Gasteiger partial charge on any atom is 0.321 e. The number of carbonyl (C=O) groups is 3. The predicted molar refractivity (Wildman–Crippen MR) is 151 cm³/mol. The highest BCUT2D eigenvalue weighted by molar-refractivity contribution is 5.97. The zero-order valence-corrected chi connectivity index (χ0v) is 22.7. The minimum Gasteiger partial charge on any atom is -0.339 e. The van der Waals surface area contributed by atoms with Crippen LogP contribution in [-0.2, 0) is 4.79 Å². The summed E-state index contributed by atoms with van der Waals surface area (Å²) in [5.41, 5.74) is 6.41. The minimum absolute atomic E-state index is 0.00794. The minimum atomic E-state index is -0.0923. The smallest absolute Gasteiger partial charge is 0.321 e. The topological polar surface area (TPSA) is 93.5 Å². The number of urea groups is 1. The van der Waals surface area contributed by atoms with E-state index in [4.69, 9.17) is 10.1 Å². The summed E-state index contributed by atoms with van der Waals surface area (Å²) in [6, 6.07) is 15.4. The van der Waals surface area contributed by atoms with Crippen LogP contribution in [0.25, 0.3) is 0 Å². The molecule has 2 aromatic rings. The van der Waals surface area contributed by atoms with Crippen LogP contribution in [-0.4, -0.2) is 54.2 Å². The van der Waals surface area contributed by atoms with Crippen molar-refractivity contribution in [2.45, 2.75) is 46.0 Å². The number of nitrogens with one attached hydrogen (secondary N) is 1. The number of piperidine rings is 1. The number of hydrogen-bond acceptors (Lipinski definition) is 4. The Bertz CT molecular complexity index is 1170. The van der Waals surface area contributed by atoms with Gasteiger partial charge in [0.15, 0.2) is 0 Å². The Labute approximate surface area is 226 Å². The molecule has 0 saturated carbocycles. The first-order valence-corrected chi connectivity index (χ1v) is 12.9. The van der Waals surface area contributed by atoms with Crippen molar-refractivity contribution in [3.05, 3.63) is 83.6 Å². The molecule has 38 heavy (non-hydrogen) atoms. The number of carbonyl (C=O) groups excluding carboxylic acids is 3. The van der Waals surface area contributed by atoms with Crippen molar-refractivity contribution in [3.8, 4) is 6.07 Å². The first-order chi connectivity index (χ1) is 18.3. The van der Waals surface area contributed by atoms with Gasteiger partial charge in [-0.1, -0.05) is 38.3 Å². The van der Waals surface area contributed by atoms with E-state index in [-0.39, 0.29) is 11.9 Å². The van der Waals surface area contributed by atoms with Crippen molar-refractivity contribution in [2.75, 3.05) is 31.5 Å². The summed E-state index contributed by atoms with van der Waals surface area (Å²) in [7, 11) is 0. The van der Waals surface area contributed by atoms with Crippen molar-refractivity contribution in [1.82, 2.24) is 9.80 Å². The van der Waals surface area contributed by atoms with Gasteiger partial charge in [0, 0.05) is 37.4 Å². The number of rotatable bonds is 3. The average molecular weight is 515 g/mol. The highest BCUT2D eigenvalue weighted by atomic mass is 16.2. The van der Waals surface area contributed by atoms with E-state index in [1.54, 1.807) is 0 Å². The lowest BCUT2D eigenvalue weighted by Gasteiger charge is -2.32. The van der Waals surface area contributed by atoms with Gasteiger partial charge in [0.25, 0.3) is 5.91 Å². The molecule has 2 saturated heterocycles. The van der Waals surface area contributed by atoms with Crippen molar-refractivity contribution >= 4 is 23.9 Å². The van der Waals surface area contributed by atoms with Crippen LogP contribution in [0.2, 0.25) is 0 Å². The third-order valence-corrected chi connectivity index (χ3v) is 6.73. The van der Waals surface area contributed by atoms with Gasteiger partial charge in [-0.05, 0) is 80.3 Å². The Balaban J connectivity index is 0.000000773. The van der Waals surface area contributed by atoms with Crippen LogP contribution in [0.3, 0.4) is 0 Å². The standard InChI is InChI=1S/C26H30N4O2.C3H4.C2H4O/c1-18-9-12-30(17-18)26(32)28-24-15-23(6-3-19(24)2)25(31)29-13-10-22(11-14-29)21-7-4-20(16-27)5-8-21;1-3-2;1-2-3/h3-8,15,18,22H,9-14,17H2,1-2H3,(H,28,32);1-2H2;2H,1H3. The van der Waals surface area contributed by atoms with E-state index < -0.39 is 0 Å². The summed E-state index contributed by atoms with van der Waals surface area (Å²) in [6.07, 6.45) is 3.59. The normalized spacial score (nSPS) is 16.5. The van der Waals surface area contributed by atoms with E-state index >= 15 is 0 Å². The SMILES string of the molecule is C=C=C.CC=O.Cc1ccc(C(=O)N2CCC(c3ccc(C#N)cc3)CC2)cc1NC(=O)N1CCC(C)C1. The van der Waals surface area contributed by atoms with E-state index in [9.17, 15) is 9.59 Å². The van der Waals surface area contributed by atoms with Crippen LogP contribution in [0.4, 0.5) is 10.5 Å². The number of nitrogens with zero attached hydrogens (tertiary/aromatic N) is 3. The highest BCUT2D eigenvalue weighted by Gasteiger charge is 2.26. The Kier molecular flexibility index (Phi) is 12.0.